The average Bonchev–Trinajstić information content (AvgIpc) is 2.18. The molecule has 0 amide bonds. The predicted octanol–water partition coefficient (Wildman–Crippen LogP) is 2.72. The van der Waals surface area contributed by atoms with Gasteiger partial charge >= 0.3 is 0 Å². The zero-order chi connectivity index (χ0) is 10.4. The molecule has 14 heavy (non-hydrogen) atoms. The number of hydrogen-bond donors (Lipinski definition) is 0. The predicted molar refractivity (Wildman–Crippen MR) is 62.5 cm³/mol. The Labute approximate surface area is 87.7 Å². The molecule has 0 aliphatic carbocycles. The molecule has 0 saturated heterocycles. The summed E-state index contributed by atoms with van der Waals surface area (Å²) < 4.78 is 2.32. The number of unbranched alkanes of at least 4 members (excludes halogenated alkanes) is 3. The highest BCUT2D eigenvalue weighted by Gasteiger charge is 2.16. The second kappa shape index (κ2) is 5.94. The van der Waals surface area contributed by atoms with Gasteiger partial charge in [-0.25, -0.2) is 4.58 Å². The lowest BCUT2D eigenvalue weighted by atomic mass is 10.1. The van der Waals surface area contributed by atoms with Gasteiger partial charge < -0.3 is 0 Å². The Hall–Kier alpha value is -0.660. The lowest BCUT2D eigenvalue weighted by Gasteiger charge is -2.10. The zero-order valence-corrected chi connectivity index (χ0v) is 9.79. The van der Waals surface area contributed by atoms with Gasteiger partial charge in [0.2, 0.25) is 0 Å². The fourth-order valence-corrected chi connectivity index (χ4v) is 1.77. The highest BCUT2D eigenvalue weighted by molar-refractivity contribution is 5.77. The molecule has 0 bridgehead atoms. The van der Waals surface area contributed by atoms with Gasteiger partial charge in [0, 0.05) is 6.92 Å². The first-order valence-electron chi connectivity index (χ1n) is 5.86. The molecular formula is C12H23N2+. The van der Waals surface area contributed by atoms with E-state index in [1.807, 2.05) is 0 Å². The van der Waals surface area contributed by atoms with Crippen LogP contribution in [0.5, 0.6) is 0 Å². The Balaban J connectivity index is 2.31. The van der Waals surface area contributed by atoms with Crippen LogP contribution in [-0.4, -0.2) is 29.7 Å². The molecule has 0 fully saturated rings. The van der Waals surface area contributed by atoms with Crippen molar-refractivity contribution in [1.29, 1.82) is 0 Å². The molecule has 1 rings (SSSR count). The Kier molecular flexibility index (Phi) is 4.85. The van der Waals surface area contributed by atoms with Crippen LogP contribution < -0.4 is 0 Å². The van der Waals surface area contributed by atoms with E-state index in [9.17, 15) is 0 Å². The van der Waals surface area contributed by atoms with Crippen molar-refractivity contribution in [2.45, 2.75) is 46.5 Å². The highest BCUT2D eigenvalue weighted by atomic mass is 15.1. The van der Waals surface area contributed by atoms with Crippen LogP contribution in [0.2, 0.25) is 0 Å². The van der Waals surface area contributed by atoms with Gasteiger partial charge in [-0.3, -0.25) is 0 Å². The van der Waals surface area contributed by atoms with Crippen molar-refractivity contribution in [2.24, 2.45) is 10.9 Å². The Morgan fingerprint density at radius 3 is 2.93 bits per heavy atom. The van der Waals surface area contributed by atoms with E-state index in [2.05, 4.69) is 36.6 Å². The second-order valence-electron chi connectivity index (χ2n) is 4.27. The van der Waals surface area contributed by atoms with Crippen LogP contribution in [-0.2, 0) is 0 Å². The third-order valence-corrected chi connectivity index (χ3v) is 2.71. The molecule has 0 aromatic heterocycles. The minimum absolute atomic E-state index is 0.616. The molecule has 1 aliphatic heterocycles. The van der Waals surface area contributed by atoms with Gasteiger partial charge in [0.05, 0.1) is 18.7 Å². The quantitative estimate of drug-likeness (QED) is 0.473. The molecule has 0 spiro atoms. The van der Waals surface area contributed by atoms with Crippen molar-refractivity contribution >= 4 is 12.1 Å². The number of nitrogens with zero attached hydrogens (tertiary/aromatic N) is 2. The summed E-state index contributed by atoms with van der Waals surface area (Å²) in [6.07, 6.45) is 7.65. The molecule has 1 heterocycles. The first-order chi connectivity index (χ1) is 6.74. The molecule has 80 valence electrons. The SMILES string of the molecule is CCCCCC[N+]1=CC(C)CN=C1C. The van der Waals surface area contributed by atoms with E-state index in [4.69, 9.17) is 0 Å². The summed E-state index contributed by atoms with van der Waals surface area (Å²) in [7, 11) is 0. The van der Waals surface area contributed by atoms with E-state index in [1.54, 1.807) is 0 Å². The zero-order valence-electron chi connectivity index (χ0n) is 9.79. The minimum Gasteiger partial charge on any atom is -0.239 e. The van der Waals surface area contributed by atoms with E-state index in [0.717, 1.165) is 13.1 Å². The Morgan fingerprint density at radius 1 is 1.43 bits per heavy atom. The molecule has 2 heteroatoms. The third-order valence-electron chi connectivity index (χ3n) is 2.71. The molecule has 1 aliphatic rings. The largest absolute Gasteiger partial charge is 0.288 e. The van der Waals surface area contributed by atoms with Gasteiger partial charge in [-0.15, -0.1) is 0 Å². The normalized spacial score (nSPS) is 21.8. The van der Waals surface area contributed by atoms with Crippen LogP contribution in [0.3, 0.4) is 0 Å². The van der Waals surface area contributed by atoms with Crippen molar-refractivity contribution in [2.75, 3.05) is 13.1 Å². The summed E-state index contributed by atoms with van der Waals surface area (Å²) in [4.78, 5) is 4.50. The van der Waals surface area contributed by atoms with E-state index >= 15 is 0 Å². The summed E-state index contributed by atoms with van der Waals surface area (Å²) in [6, 6.07) is 0. The molecule has 1 unspecified atom stereocenters. The summed E-state index contributed by atoms with van der Waals surface area (Å²) >= 11 is 0. The minimum atomic E-state index is 0.616. The third kappa shape index (κ3) is 3.60. The van der Waals surface area contributed by atoms with Gasteiger partial charge in [-0.05, 0) is 12.8 Å². The van der Waals surface area contributed by atoms with E-state index in [-0.39, 0.29) is 0 Å². The maximum atomic E-state index is 4.50. The highest BCUT2D eigenvalue weighted by Crippen LogP contribution is 2.03. The molecule has 2 nitrogen and oxygen atoms in total. The maximum Gasteiger partial charge on any atom is 0.288 e. The Morgan fingerprint density at radius 2 is 2.21 bits per heavy atom. The average molecular weight is 195 g/mol. The van der Waals surface area contributed by atoms with Crippen molar-refractivity contribution in [3.63, 3.8) is 0 Å². The molecular weight excluding hydrogens is 172 g/mol. The maximum absolute atomic E-state index is 4.50. The van der Waals surface area contributed by atoms with Gasteiger partial charge in [0.15, 0.2) is 0 Å². The van der Waals surface area contributed by atoms with Crippen LogP contribution in [0.25, 0.3) is 0 Å². The molecule has 0 saturated carbocycles. The van der Waals surface area contributed by atoms with E-state index in [1.165, 1.54) is 31.5 Å². The Bertz CT molecular complexity index is 228. The van der Waals surface area contributed by atoms with Crippen molar-refractivity contribution < 1.29 is 4.58 Å². The van der Waals surface area contributed by atoms with Gasteiger partial charge in [-0.2, -0.15) is 0 Å². The van der Waals surface area contributed by atoms with Gasteiger partial charge in [-0.1, -0.05) is 31.7 Å². The van der Waals surface area contributed by atoms with Crippen LogP contribution >= 0.6 is 0 Å². The van der Waals surface area contributed by atoms with E-state index < -0.39 is 0 Å². The van der Waals surface area contributed by atoms with Crippen LogP contribution in [0.1, 0.15) is 46.5 Å². The van der Waals surface area contributed by atoms with Crippen LogP contribution in [0.15, 0.2) is 4.99 Å². The molecule has 0 N–H and O–H groups in total. The molecule has 0 aromatic rings. The van der Waals surface area contributed by atoms with Crippen molar-refractivity contribution in [3.8, 4) is 0 Å². The van der Waals surface area contributed by atoms with Crippen LogP contribution in [0, 0.1) is 5.92 Å². The topological polar surface area (TPSA) is 15.4 Å². The van der Waals surface area contributed by atoms with Crippen molar-refractivity contribution in [1.82, 2.24) is 0 Å². The smallest absolute Gasteiger partial charge is 0.239 e. The van der Waals surface area contributed by atoms with Crippen molar-refractivity contribution in [3.05, 3.63) is 0 Å². The van der Waals surface area contributed by atoms with Gasteiger partial charge in [0.1, 0.15) is 6.54 Å². The summed E-state index contributed by atoms with van der Waals surface area (Å²) in [5.41, 5.74) is 0. The number of aliphatic imine (C=N–C) groups is 1. The number of amidine groups is 1. The number of rotatable bonds is 5. The first kappa shape index (κ1) is 11.4. The number of hydrogen-bond acceptors (Lipinski definition) is 1. The lowest BCUT2D eigenvalue weighted by Crippen LogP contribution is -2.28. The monoisotopic (exact) mass is 195 g/mol. The lowest BCUT2D eigenvalue weighted by molar-refractivity contribution is -0.409. The van der Waals surface area contributed by atoms with Gasteiger partial charge in [0.25, 0.3) is 5.84 Å². The van der Waals surface area contributed by atoms with E-state index in [0.29, 0.717) is 5.92 Å². The standard InChI is InChI=1S/C12H23N2/c1-4-5-6-7-8-14-10-11(2)9-13-12(14)3/h10-11H,4-9H2,1-3H3/q+1. The summed E-state index contributed by atoms with van der Waals surface area (Å²) in [5.74, 6) is 1.81. The summed E-state index contributed by atoms with van der Waals surface area (Å²) in [6.45, 7) is 8.72. The second-order valence-corrected chi connectivity index (χ2v) is 4.27. The summed E-state index contributed by atoms with van der Waals surface area (Å²) in [5, 5.41) is 0. The first-order valence-corrected chi connectivity index (χ1v) is 5.86. The molecule has 0 radical (unpaired) electrons. The molecule has 1 atom stereocenters. The van der Waals surface area contributed by atoms with Crippen LogP contribution in [0.4, 0.5) is 0 Å². The fourth-order valence-electron chi connectivity index (χ4n) is 1.77. The fraction of sp³-hybridized carbons (Fsp3) is 0.833. The molecule has 0 aromatic carbocycles.